The molecule has 0 saturated carbocycles. The van der Waals surface area contributed by atoms with Gasteiger partial charge in [0.15, 0.2) is 5.43 Å². The molecule has 6 heteroatoms. The minimum atomic E-state index is -0.631. The van der Waals surface area contributed by atoms with Gasteiger partial charge in [-0.1, -0.05) is 48.5 Å². The maximum Gasteiger partial charge on any atom is 0.274 e. The molecule has 0 unspecified atom stereocenters. The molecule has 5 nitrogen and oxygen atoms in total. The maximum atomic E-state index is 13.3. The highest BCUT2D eigenvalue weighted by Gasteiger charge is 2.37. The van der Waals surface area contributed by atoms with Crippen LogP contribution in [0.2, 0.25) is 0 Å². The zero-order valence-electron chi connectivity index (χ0n) is 17.4. The molecular formula is C25H24FN3O2. The molecule has 0 N–H and O–H groups in total. The van der Waals surface area contributed by atoms with Crippen LogP contribution in [0.25, 0.3) is 0 Å². The molecule has 3 aromatic rings. The number of pyridine rings is 1. The summed E-state index contributed by atoms with van der Waals surface area (Å²) in [5, 5.41) is 2.09. The molecule has 1 aliphatic carbocycles. The van der Waals surface area contributed by atoms with Crippen LogP contribution in [0.5, 0.6) is 0 Å². The molecule has 0 spiro atoms. The first-order chi connectivity index (χ1) is 15.1. The highest BCUT2D eigenvalue weighted by Crippen LogP contribution is 2.37. The first-order valence-electron chi connectivity index (χ1n) is 10.6. The highest BCUT2D eigenvalue weighted by atomic mass is 19.1. The third-order valence-electron chi connectivity index (χ3n) is 6.42. The lowest BCUT2D eigenvalue weighted by atomic mass is 9.94. The number of aromatic nitrogens is 1. The van der Waals surface area contributed by atoms with Crippen molar-refractivity contribution in [3.63, 3.8) is 0 Å². The SMILES string of the molecule is Cc1c2n(ccc1=O)N(C1c3ccccc3CCc3ccccc31)CN(CCF)C2=O. The molecule has 1 aliphatic heterocycles. The number of hydrogen-bond donors (Lipinski definition) is 0. The number of aryl methyl sites for hydroxylation is 2. The summed E-state index contributed by atoms with van der Waals surface area (Å²) in [7, 11) is 0. The number of nitrogens with zero attached hydrogens (tertiary/aromatic N) is 3. The number of carbonyl (C=O) groups excluding carboxylic acids is 1. The Bertz CT molecular complexity index is 1170. The fourth-order valence-corrected chi connectivity index (χ4v) is 4.85. The fraction of sp³-hybridized carbons (Fsp3) is 0.280. The summed E-state index contributed by atoms with van der Waals surface area (Å²) < 4.78 is 15.1. The van der Waals surface area contributed by atoms with Gasteiger partial charge in [-0.05, 0) is 42.0 Å². The van der Waals surface area contributed by atoms with Crippen LogP contribution < -0.4 is 10.4 Å². The summed E-state index contributed by atoms with van der Waals surface area (Å²) in [6, 6.07) is 18.1. The molecule has 0 saturated heterocycles. The molecular weight excluding hydrogens is 393 g/mol. The van der Waals surface area contributed by atoms with Gasteiger partial charge in [-0.3, -0.25) is 19.3 Å². The Morgan fingerprint density at radius 2 is 1.55 bits per heavy atom. The minimum Gasteiger partial charge on any atom is -0.316 e. The molecule has 31 heavy (non-hydrogen) atoms. The van der Waals surface area contributed by atoms with E-state index < -0.39 is 6.67 Å². The Labute approximate surface area is 180 Å². The number of benzene rings is 2. The Morgan fingerprint density at radius 1 is 0.935 bits per heavy atom. The Kier molecular flexibility index (Phi) is 4.85. The van der Waals surface area contributed by atoms with E-state index in [9.17, 15) is 14.0 Å². The molecule has 0 fully saturated rings. The number of fused-ring (bicyclic) bond motifs is 3. The number of hydrogen-bond acceptors (Lipinski definition) is 3. The van der Waals surface area contributed by atoms with Crippen LogP contribution in [-0.2, 0) is 12.8 Å². The molecule has 0 radical (unpaired) electrons. The molecule has 2 aliphatic rings. The van der Waals surface area contributed by atoms with Crippen LogP contribution >= 0.6 is 0 Å². The highest BCUT2D eigenvalue weighted by molar-refractivity contribution is 5.95. The minimum absolute atomic E-state index is 0.00608. The van der Waals surface area contributed by atoms with E-state index in [0.29, 0.717) is 11.3 Å². The van der Waals surface area contributed by atoms with Crippen LogP contribution in [0.1, 0.15) is 44.3 Å². The summed E-state index contributed by atoms with van der Waals surface area (Å²) in [5.74, 6) is -0.306. The first kappa shape index (κ1) is 19.5. The van der Waals surface area contributed by atoms with Crippen LogP contribution in [0.15, 0.2) is 65.6 Å². The Morgan fingerprint density at radius 3 is 2.16 bits per heavy atom. The van der Waals surface area contributed by atoms with E-state index in [0.717, 1.165) is 12.8 Å². The van der Waals surface area contributed by atoms with Crippen molar-refractivity contribution in [2.75, 3.05) is 24.9 Å². The standard InChI is InChI=1S/C25H24FN3O2/c1-17-22(30)12-14-28-23(17)25(31)27(15-13-26)16-29(28)24-20-8-4-2-6-18(20)10-11-19-7-3-5-9-21(19)24/h2-9,12,14,24H,10-11,13,15-16H2,1H3. The van der Waals surface area contributed by atoms with Gasteiger partial charge in [-0.15, -0.1) is 0 Å². The van der Waals surface area contributed by atoms with Crippen LogP contribution in [-0.4, -0.2) is 35.4 Å². The van der Waals surface area contributed by atoms with Crippen molar-refractivity contribution in [2.45, 2.75) is 25.8 Å². The molecule has 1 amide bonds. The van der Waals surface area contributed by atoms with Crippen molar-refractivity contribution in [3.8, 4) is 0 Å². The van der Waals surface area contributed by atoms with Gasteiger partial charge in [0.2, 0.25) is 0 Å². The number of alkyl halides is 1. The summed E-state index contributed by atoms with van der Waals surface area (Å²) in [6.07, 6.45) is 3.53. The monoisotopic (exact) mass is 417 g/mol. The van der Waals surface area contributed by atoms with E-state index in [-0.39, 0.29) is 30.6 Å². The van der Waals surface area contributed by atoms with Gasteiger partial charge in [0, 0.05) is 17.8 Å². The number of amides is 1. The smallest absolute Gasteiger partial charge is 0.274 e. The van der Waals surface area contributed by atoms with Gasteiger partial charge in [-0.2, -0.15) is 0 Å². The van der Waals surface area contributed by atoms with Crippen molar-refractivity contribution >= 4 is 5.91 Å². The van der Waals surface area contributed by atoms with E-state index >= 15 is 0 Å². The number of halogens is 1. The molecule has 0 bridgehead atoms. The maximum absolute atomic E-state index is 13.3. The largest absolute Gasteiger partial charge is 0.316 e. The van der Waals surface area contributed by atoms with Crippen molar-refractivity contribution in [1.29, 1.82) is 0 Å². The topological polar surface area (TPSA) is 45.6 Å². The molecule has 2 aromatic carbocycles. The average Bonchev–Trinajstić information content (AvgIpc) is 2.95. The average molecular weight is 417 g/mol. The van der Waals surface area contributed by atoms with Crippen molar-refractivity contribution < 1.29 is 9.18 Å². The predicted octanol–water partition coefficient (Wildman–Crippen LogP) is 3.37. The van der Waals surface area contributed by atoms with E-state index in [2.05, 4.69) is 41.4 Å². The van der Waals surface area contributed by atoms with Crippen molar-refractivity contribution in [2.24, 2.45) is 0 Å². The second-order valence-corrected chi connectivity index (χ2v) is 8.14. The van der Waals surface area contributed by atoms with Gasteiger partial charge >= 0.3 is 0 Å². The normalized spacial score (nSPS) is 15.9. The molecule has 2 heterocycles. The molecule has 5 rings (SSSR count). The van der Waals surface area contributed by atoms with Crippen LogP contribution in [0.4, 0.5) is 4.39 Å². The summed E-state index contributed by atoms with van der Waals surface area (Å²) in [4.78, 5) is 27.0. The van der Waals surface area contributed by atoms with Crippen LogP contribution in [0, 0.1) is 6.92 Å². The van der Waals surface area contributed by atoms with E-state index in [1.807, 2.05) is 12.1 Å². The van der Waals surface area contributed by atoms with Crippen LogP contribution in [0.3, 0.4) is 0 Å². The van der Waals surface area contributed by atoms with E-state index in [4.69, 9.17) is 0 Å². The van der Waals surface area contributed by atoms with Gasteiger partial charge in [0.05, 0.1) is 12.6 Å². The van der Waals surface area contributed by atoms with Gasteiger partial charge < -0.3 is 4.90 Å². The first-order valence-corrected chi connectivity index (χ1v) is 10.6. The number of carbonyl (C=O) groups is 1. The van der Waals surface area contributed by atoms with Crippen molar-refractivity contribution in [3.05, 3.63) is 105 Å². The third kappa shape index (κ3) is 3.14. The summed E-state index contributed by atoms with van der Waals surface area (Å²) in [5.41, 5.74) is 5.37. The predicted molar refractivity (Wildman–Crippen MR) is 118 cm³/mol. The van der Waals surface area contributed by atoms with Crippen molar-refractivity contribution in [1.82, 2.24) is 9.58 Å². The lowest BCUT2D eigenvalue weighted by Gasteiger charge is -2.44. The lowest BCUT2D eigenvalue weighted by molar-refractivity contribution is 0.0671. The van der Waals surface area contributed by atoms with E-state index in [1.54, 1.807) is 17.8 Å². The second kappa shape index (κ2) is 7.69. The lowest BCUT2D eigenvalue weighted by Crippen LogP contribution is -2.56. The molecule has 0 atom stereocenters. The van der Waals surface area contributed by atoms with Gasteiger partial charge in [0.1, 0.15) is 19.0 Å². The Balaban J connectivity index is 1.77. The summed E-state index contributed by atoms with van der Waals surface area (Å²) >= 11 is 0. The summed E-state index contributed by atoms with van der Waals surface area (Å²) in [6.45, 7) is 1.27. The van der Waals surface area contributed by atoms with Gasteiger partial charge in [-0.25, -0.2) is 4.39 Å². The van der Waals surface area contributed by atoms with E-state index in [1.165, 1.54) is 33.2 Å². The zero-order valence-corrected chi connectivity index (χ0v) is 17.4. The third-order valence-corrected chi connectivity index (χ3v) is 6.42. The molecule has 158 valence electrons. The molecule has 1 aromatic heterocycles. The van der Waals surface area contributed by atoms with Gasteiger partial charge in [0.25, 0.3) is 5.91 Å². The zero-order chi connectivity index (χ0) is 21.5. The fourth-order valence-electron chi connectivity index (χ4n) is 4.85. The number of rotatable bonds is 3. The Hall–Kier alpha value is -3.41. The second-order valence-electron chi connectivity index (χ2n) is 8.14. The quantitative estimate of drug-likeness (QED) is 0.657.